The van der Waals surface area contributed by atoms with Gasteiger partial charge in [0.05, 0.1) is 5.52 Å². The molecular weight excluding hydrogens is 236 g/mol. The summed E-state index contributed by atoms with van der Waals surface area (Å²) in [4.78, 5) is 18.6. The number of pyridine rings is 1. The first-order valence-corrected chi connectivity index (χ1v) is 6.81. The average molecular weight is 254 g/mol. The molecule has 0 N–H and O–H groups in total. The van der Waals surface area contributed by atoms with Gasteiger partial charge in [0.25, 0.3) is 0 Å². The predicted octanol–water partition coefficient (Wildman–Crippen LogP) is 2.60. The van der Waals surface area contributed by atoms with E-state index < -0.39 is 0 Å². The van der Waals surface area contributed by atoms with Crippen LogP contribution < -0.4 is 0 Å². The van der Waals surface area contributed by atoms with Crippen molar-refractivity contribution in [1.29, 1.82) is 0 Å². The summed E-state index contributed by atoms with van der Waals surface area (Å²) in [6.45, 7) is 3.96. The van der Waals surface area contributed by atoms with E-state index in [0.29, 0.717) is 0 Å². The van der Waals surface area contributed by atoms with Crippen molar-refractivity contribution in [3.05, 3.63) is 40.6 Å². The second-order valence-electron chi connectivity index (χ2n) is 5.22. The minimum atomic E-state index is 0.822. The number of aryl methyl sites for hydroxylation is 1. The molecule has 0 radical (unpaired) electrons. The Morgan fingerprint density at radius 1 is 1.42 bits per heavy atom. The molecule has 1 aromatic carbocycles. The lowest BCUT2D eigenvalue weighted by Gasteiger charge is -2.26. The Balaban J connectivity index is 2.35. The number of aromatic nitrogens is 1. The highest BCUT2D eigenvalue weighted by Crippen LogP contribution is 2.28. The van der Waals surface area contributed by atoms with Crippen LogP contribution in [-0.4, -0.2) is 29.8 Å². The van der Waals surface area contributed by atoms with Gasteiger partial charge in [0.1, 0.15) is 0 Å². The van der Waals surface area contributed by atoms with Crippen LogP contribution in [-0.2, 0) is 19.4 Å². The summed E-state index contributed by atoms with van der Waals surface area (Å²) in [7, 11) is 2.09. The molecule has 0 bridgehead atoms. The van der Waals surface area contributed by atoms with E-state index in [1.54, 1.807) is 0 Å². The Labute approximate surface area is 113 Å². The highest BCUT2D eigenvalue weighted by Gasteiger charge is 2.20. The van der Waals surface area contributed by atoms with Gasteiger partial charge in [0, 0.05) is 36.2 Å². The van der Waals surface area contributed by atoms with E-state index in [0.717, 1.165) is 59.9 Å². The monoisotopic (exact) mass is 254 g/mol. The van der Waals surface area contributed by atoms with Crippen molar-refractivity contribution in [2.45, 2.75) is 26.3 Å². The zero-order valence-electron chi connectivity index (χ0n) is 11.4. The fourth-order valence-corrected chi connectivity index (χ4v) is 2.91. The molecule has 0 saturated heterocycles. The lowest BCUT2D eigenvalue weighted by atomic mass is 9.95. The molecule has 0 unspecified atom stereocenters. The summed E-state index contributed by atoms with van der Waals surface area (Å²) < 4.78 is 0. The predicted molar refractivity (Wildman–Crippen MR) is 76.5 cm³/mol. The molecule has 3 rings (SSSR count). The molecule has 1 aliphatic rings. The van der Waals surface area contributed by atoms with Gasteiger partial charge in [-0.1, -0.05) is 25.1 Å². The Morgan fingerprint density at radius 3 is 3.00 bits per heavy atom. The number of benzene rings is 1. The van der Waals surface area contributed by atoms with Crippen molar-refractivity contribution < 1.29 is 4.79 Å². The number of fused-ring (bicyclic) bond motifs is 2. The molecule has 0 atom stereocenters. The van der Waals surface area contributed by atoms with E-state index in [1.165, 1.54) is 5.56 Å². The minimum Gasteiger partial charge on any atom is -0.302 e. The van der Waals surface area contributed by atoms with Crippen LogP contribution in [0.25, 0.3) is 10.9 Å². The van der Waals surface area contributed by atoms with Crippen LogP contribution in [0, 0.1) is 0 Å². The first kappa shape index (κ1) is 12.3. The quantitative estimate of drug-likeness (QED) is 0.772. The van der Waals surface area contributed by atoms with Crippen molar-refractivity contribution in [1.82, 2.24) is 9.88 Å². The van der Waals surface area contributed by atoms with Crippen LogP contribution in [0.15, 0.2) is 18.2 Å². The topological polar surface area (TPSA) is 33.2 Å². The number of carbonyl (C=O) groups is 1. The number of likely N-dealkylation sites (N-methyl/N-ethyl adjacent to an activating group) is 1. The molecule has 2 aromatic rings. The first-order valence-electron chi connectivity index (χ1n) is 6.81. The van der Waals surface area contributed by atoms with E-state index >= 15 is 0 Å². The SMILES string of the molecule is CCc1cccc2c(C=O)c3c(nc12)CCN(C)C3. The molecule has 2 heterocycles. The molecule has 19 heavy (non-hydrogen) atoms. The standard InChI is InChI=1S/C16H18N2O/c1-3-11-5-4-6-12-14(10-19)13-9-18(2)8-7-15(13)17-16(11)12/h4-6,10H,3,7-9H2,1-2H3. The Kier molecular flexibility index (Phi) is 3.07. The highest BCUT2D eigenvalue weighted by atomic mass is 16.1. The molecule has 3 nitrogen and oxygen atoms in total. The molecule has 98 valence electrons. The lowest BCUT2D eigenvalue weighted by Crippen LogP contribution is -2.28. The second-order valence-corrected chi connectivity index (χ2v) is 5.22. The fourth-order valence-electron chi connectivity index (χ4n) is 2.91. The summed E-state index contributed by atoms with van der Waals surface area (Å²) in [6, 6.07) is 6.14. The maximum Gasteiger partial charge on any atom is 0.151 e. The van der Waals surface area contributed by atoms with Crippen molar-refractivity contribution in [3.63, 3.8) is 0 Å². The van der Waals surface area contributed by atoms with Gasteiger partial charge < -0.3 is 4.90 Å². The molecule has 0 aliphatic carbocycles. The molecule has 1 aliphatic heterocycles. The zero-order valence-corrected chi connectivity index (χ0v) is 11.4. The maximum atomic E-state index is 11.6. The summed E-state index contributed by atoms with van der Waals surface area (Å²) in [5, 5.41) is 1.00. The van der Waals surface area contributed by atoms with Crippen molar-refractivity contribution in [3.8, 4) is 0 Å². The van der Waals surface area contributed by atoms with E-state index in [4.69, 9.17) is 4.98 Å². The Morgan fingerprint density at radius 2 is 2.26 bits per heavy atom. The fraction of sp³-hybridized carbons (Fsp3) is 0.375. The highest BCUT2D eigenvalue weighted by molar-refractivity contribution is 5.99. The Bertz CT molecular complexity index is 649. The van der Waals surface area contributed by atoms with Crippen molar-refractivity contribution in [2.75, 3.05) is 13.6 Å². The molecule has 0 saturated carbocycles. The van der Waals surface area contributed by atoms with Gasteiger partial charge >= 0.3 is 0 Å². The third kappa shape index (κ3) is 1.94. The van der Waals surface area contributed by atoms with E-state index in [1.807, 2.05) is 12.1 Å². The molecule has 3 heteroatoms. The number of nitrogens with zero attached hydrogens (tertiary/aromatic N) is 2. The van der Waals surface area contributed by atoms with Crippen LogP contribution in [0.3, 0.4) is 0 Å². The van der Waals surface area contributed by atoms with Crippen molar-refractivity contribution in [2.24, 2.45) is 0 Å². The number of hydrogen-bond donors (Lipinski definition) is 0. The minimum absolute atomic E-state index is 0.822. The summed E-state index contributed by atoms with van der Waals surface area (Å²) >= 11 is 0. The van der Waals surface area contributed by atoms with E-state index in [9.17, 15) is 4.79 Å². The van der Waals surface area contributed by atoms with Gasteiger partial charge in [-0.2, -0.15) is 0 Å². The van der Waals surface area contributed by atoms with Crippen LogP contribution in [0.5, 0.6) is 0 Å². The van der Waals surface area contributed by atoms with Crippen molar-refractivity contribution >= 4 is 17.2 Å². The number of rotatable bonds is 2. The second kappa shape index (κ2) is 4.74. The summed E-state index contributed by atoms with van der Waals surface area (Å²) in [6.07, 6.45) is 2.88. The largest absolute Gasteiger partial charge is 0.302 e. The first-order chi connectivity index (χ1) is 9.24. The Hall–Kier alpha value is -1.74. The van der Waals surface area contributed by atoms with Gasteiger partial charge in [-0.3, -0.25) is 9.78 Å². The number of aldehydes is 1. The lowest BCUT2D eigenvalue weighted by molar-refractivity contribution is 0.112. The summed E-state index contributed by atoms with van der Waals surface area (Å²) in [5.41, 5.74) is 5.29. The zero-order chi connectivity index (χ0) is 13.4. The third-order valence-electron chi connectivity index (χ3n) is 3.99. The molecule has 0 fully saturated rings. The van der Waals surface area contributed by atoms with Gasteiger partial charge in [-0.25, -0.2) is 0 Å². The molecular formula is C16H18N2O. The average Bonchev–Trinajstić information content (AvgIpc) is 2.44. The smallest absolute Gasteiger partial charge is 0.151 e. The third-order valence-corrected chi connectivity index (χ3v) is 3.99. The number of para-hydroxylation sites is 1. The van der Waals surface area contributed by atoms with Gasteiger partial charge in [-0.15, -0.1) is 0 Å². The van der Waals surface area contributed by atoms with Crippen LogP contribution in [0.4, 0.5) is 0 Å². The van der Waals surface area contributed by atoms with Crippen LogP contribution in [0.1, 0.15) is 34.1 Å². The molecule has 0 amide bonds. The van der Waals surface area contributed by atoms with Gasteiger partial charge in [-0.05, 0) is 24.6 Å². The van der Waals surface area contributed by atoms with Crippen LogP contribution >= 0.6 is 0 Å². The van der Waals surface area contributed by atoms with E-state index in [-0.39, 0.29) is 0 Å². The molecule has 1 aromatic heterocycles. The van der Waals surface area contributed by atoms with Gasteiger partial charge in [0.15, 0.2) is 6.29 Å². The molecule has 0 spiro atoms. The number of carbonyl (C=O) groups excluding carboxylic acids is 1. The summed E-state index contributed by atoms with van der Waals surface area (Å²) in [5.74, 6) is 0. The van der Waals surface area contributed by atoms with Gasteiger partial charge in [0.2, 0.25) is 0 Å². The van der Waals surface area contributed by atoms with E-state index in [2.05, 4.69) is 24.9 Å². The maximum absolute atomic E-state index is 11.6. The normalized spacial score (nSPS) is 15.5. The number of hydrogen-bond acceptors (Lipinski definition) is 3. The van der Waals surface area contributed by atoms with Crippen LogP contribution in [0.2, 0.25) is 0 Å².